The van der Waals surface area contributed by atoms with Crippen LogP contribution < -0.4 is 10.6 Å². The lowest BCUT2D eigenvalue weighted by atomic mass is 9.89. The Labute approximate surface area is 547 Å². The Bertz CT molecular complexity index is 3320. The number of aromatic nitrogens is 2. The Morgan fingerprint density at radius 1 is 0.598 bits per heavy atom. The van der Waals surface area contributed by atoms with E-state index < -0.39 is 23.3 Å². The van der Waals surface area contributed by atoms with Crippen LogP contribution in [-0.2, 0) is 17.8 Å². The highest BCUT2D eigenvalue weighted by Crippen LogP contribution is 2.92. The normalized spacial score (nSPS) is 16.9. The number of hydrogen-bond acceptors (Lipinski definition) is 9. The lowest BCUT2D eigenvalue weighted by Gasteiger charge is -2.37. The Morgan fingerprint density at radius 2 is 0.954 bits per heavy atom. The standard InChI is InChI=1S/2C29H28ClF2N3OS.C4H10O.ClH.H9P7/c2*1-17-3-4-19(18-11-13-34-14-12-18)15-20(17)16-35(22-7-5-21(33-2)6-8-22)29(36)28-26(30)25-23(31)9-10-24(32)27(25)37-28;1-3-5-4-2;;1-5-7(4)6(2)3/h2*3-4,9-15,21-22,33H,5-8,16H2,1-2H3;3-4H2,1-2H3;1H;5H,1-4H2. The molecule has 6 atom stereocenters. The lowest BCUT2D eigenvalue weighted by Crippen LogP contribution is -2.44. The van der Waals surface area contributed by atoms with Crippen LogP contribution in [0.15, 0.2) is 110 Å². The molecular formula is C62H76Cl3F4N6O3P7S2. The Morgan fingerprint density at radius 3 is 1.24 bits per heavy atom. The quantitative estimate of drug-likeness (QED) is 0.0734. The SMILES string of the molecule is CCOCC.CNC1CCC(N(Cc2cc(-c3ccncc3)ccc2C)C(=O)c2sc3c(F)ccc(F)c3c2Cl)CC1.CNC1CCC(N(Cc2cc(-c3ccncc3)ccc2C)C(=O)c2sc3c(F)ccc(F)c3c2Cl)CC1.Cl.PPP(P)P(P)P. The van der Waals surface area contributed by atoms with Crippen LogP contribution in [0.5, 0.6) is 0 Å². The minimum absolute atomic E-state index is 0. The van der Waals surface area contributed by atoms with Crippen LogP contribution in [0, 0.1) is 37.1 Å². The van der Waals surface area contributed by atoms with Crippen molar-refractivity contribution in [3.63, 3.8) is 0 Å². The summed E-state index contributed by atoms with van der Waals surface area (Å²) in [5.41, 5.74) is 8.35. The Hall–Kier alpha value is -2.48. The van der Waals surface area contributed by atoms with Crippen molar-refractivity contribution in [2.45, 2.75) is 116 Å². The first-order chi connectivity index (χ1) is 41.3. The van der Waals surface area contributed by atoms with Gasteiger partial charge in [-0.05, 0) is 212 Å². The van der Waals surface area contributed by atoms with Crippen LogP contribution in [0.25, 0.3) is 42.4 Å². The van der Waals surface area contributed by atoms with Crippen molar-refractivity contribution in [3.8, 4) is 22.3 Å². The number of amides is 2. The van der Waals surface area contributed by atoms with Crippen LogP contribution in [0.4, 0.5) is 17.6 Å². The van der Waals surface area contributed by atoms with Crippen molar-refractivity contribution < 1.29 is 31.9 Å². The second kappa shape index (κ2) is 36.1. The summed E-state index contributed by atoms with van der Waals surface area (Å²) in [5.74, 6) is -2.98. The molecule has 8 aromatic rings. The number of halogens is 7. The maximum atomic E-state index is 14.6. The van der Waals surface area contributed by atoms with Crippen LogP contribution in [0.3, 0.4) is 0 Å². The minimum atomic E-state index is -0.626. The highest BCUT2D eigenvalue weighted by molar-refractivity contribution is 8.98. The molecular weight excluding hydrogens is 1340 g/mol. The summed E-state index contributed by atoms with van der Waals surface area (Å²) in [6.45, 7) is 10.9. The first-order valence-corrected chi connectivity index (χ1v) is 42.6. The van der Waals surface area contributed by atoms with Gasteiger partial charge in [-0.25, -0.2) is 17.6 Å². The second-order valence-electron chi connectivity index (χ2n) is 20.8. The fourth-order valence-corrected chi connectivity index (χ4v) is 29.7. The molecule has 0 saturated heterocycles. The summed E-state index contributed by atoms with van der Waals surface area (Å²) in [6, 6.07) is 25.4. The molecule has 2 saturated carbocycles. The zero-order valence-corrected chi connectivity index (χ0v) is 60.8. The number of aryl methyl sites for hydroxylation is 2. The number of benzene rings is 4. The number of nitrogens with one attached hydrogen (secondary N) is 2. The number of nitrogens with zero attached hydrogens (tertiary/aromatic N) is 4. The number of carbonyl (C=O) groups excluding carboxylic acids is 2. The topological polar surface area (TPSA) is 99.7 Å². The van der Waals surface area contributed by atoms with Crippen molar-refractivity contribution in [3.05, 3.63) is 175 Å². The second-order valence-corrected chi connectivity index (χ2v) is 45.8. The molecule has 2 N–H and O–H groups in total. The van der Waals surface area contributed by atoms with E-state index in [1.807, 2.05) is 75.9 Å². The van der Waals surface area contributed by atoms with Gasteiger partial charge in [0.1, 0.15) is 33.0 Å². The van der Waals surface area contributed by atoms with E-state index in [1.54, 1.807) is 24.8 Å². The Kier molecular flexibility index (Phi) is 30.5. The minimum Gasteiger partial charge on any atom is -0.382 e. The van der Waals surface area contributed by atoms with Gasteiger partial charge in [0.15, 0.2) is 0 Å². The number of carbonyl (C=O) groups is 2. The molecule has 6 unspecified atom stereocenters. The highest BCUT2D eigenvalue weighted by atomic mass is 35.5. The van der Waals surface area contributed by atoms with Gasteiger partial charge in [-0.1, -0.05) is 55.4 Å². The van der Waals surface area contributed by atoms with Crippen molar-refractivity contribution in [2.24, 2.45) is 0 Å². The largest absolute Gasteiger partial charge is 0.382 e. The summed E-state index contributed by atoms with van der Waals surface area (Å²) < 4.78 is 63.1. The van der Waals surface area contributed by atoms with Gasteiger partial charge in [0.2, 0.25) is 0 Å². The average molecular weight is 1420 g/mol. The van der Waals surface area contributed by atoms with E-state index in [4.69, 9.17) is 27.9 Å². The molecule has 10 rings (SSSR count). The third-order valence-corrected chi connectivity index (χ3v) is 49.4. The maximum Gasteiger partial charge on any atom is 0.266 e. The number of fused-ring (bicyclic) bond motifs is 2. The third kappa shape index (κ3) is 19.3. The summed E-state index contributed by atoms with van der Waals surface area (Å²) >= 11 is 14.9. The van der Waals surface area contributed by atoms with Crippen molar-refractivity contribution in [1.82, 2.24) is 30.4 Å². The number of thiophene rings is 2. The number of rotatable bonds is 16. The first kappa shape index (κ1) is 73.6. The fraction of sp³-hybridized carbons (Fsp3) is 0.355. The summed E-state index contributed by atoms with van der Waals surface area (Å²) in [6.07, 6.45) is 14.2. The zero-order valence-electron chi connectivity index (χ0n) is 49.4. The van der Waals surface area contributed by atoms with E-state index in [1.165, 1.54) is 0 Å². The summed E-state index contributed by atoms with van der Waals surface area (Å²) in [4.78, 5) is 40.4. The molecule has 25 heteroatoms. The van der Waals surface area contributed by atoms with E-state index in [9.17, 15) is 27.2 Å². The van der Waals surface area contributed by atoms with E-state index in [-0.39, 0.29) is 90.3 Å². The zero-order chi connectivity index (χ0) is 62.2. The molecule has 87 heavy (non-hydrogen) atoms. The van der Waals surface area contributed by atoms with Gasteiger partial charge < -0.3 is 25.2 Å². The smallest absolute Gasteiger partial charge is 0.266 e. The Balaban J connectivity index is 0.000000232. The lowest BCUT2D eigenvalue weighted by molar-refractivity contribution is 0.0599. The molecule has 0 spiro atoms. The number of pyridine rings is 2. The number of ether oxygens (including phenoxy) is 1. The van der Waals surface area contributed by atoms with Crippen molar-refractivity contribution >= 4 is 148 Å². The third-order valence-electron chi connectivity index (χ3n) is 15.6. The highest BCUT2D eigenvalue weighted by Gasteiger charge is 2.35. The van der Waals surface area contributed by atoms with Crippen LogP contribution in [0.1, 0.15) is 107 Å². The molecule has 0 radical (unpaired) electrons. The van der Waals surface area contributed by atoms with Crippen LogP contribution in [-0.4, -0.2) is 83.1 Å². The van der Waals surface area contributed by atoms with Gasteiger partial charge in [0, 0.05) is 75.3 Å². The van der Waals surface area contributed by atoms with Gasteiger partial charge in [0.25, 0.3) is 11.8 Å². The summed E-state index contributed by atoms with van der Waals surface area (Å²) in [5, 5.41) is 6.60. The van der Waals surface area contributed by atoms with E-state index in [0.717, 1.165) is 164 Å². The van der Waals surface area contributed by atoms with Gasteiger partial charge in [-0.3, -0.25) is 19.6 Å². The van der Waals surface area contributed by atoms with Gasteiger partial charge in [0.05, 0.1) is 30.2 Å². The number of hydrogen-bond donors (Lipinski definition) is 2. The molecule has 4 heterocycles. The molecule has 2 fully saturated rings. The van der Waals surface area contributed by atoms with Crippen molar-refractivity contribution in [2.75, 3.05) is 27.3 Å². The predicted octanol–water partition coefficient (Wildman–Crippen LogP) is 19.8. The molecule has 0 bridgehead atoms. The summed E-state index contributed by atoms with van der Waals surface area (Å²) in [7, 11) is 16.3. The van der Waals surface area contributed by atoms with Crippen molar-refractivity contribution in [1.29, 1.82) is 0 Å². The van der Waals surface area contributed by atoms with E-state index >= 15 is 0 Å². The van der Waals surface area contributed by atoms with E-state index in [0.29, 0.717) is 25.2 Å². The van der Waals surface area contributed by atoms with Crippen LogP contribution in [0.2, 0.25) is 10.0 Å². The van der Waals surface area contributed by atoms with Gasteiger partial charge in [-0.15, -0.1) is 70.8 Å². The molecule has 9 nitrogen and oxygen atoms in total. The monoisotopic (exact) mass is 1410 g/mol. The molecule has 0 aliphatic heterocycles. The molecule has 468 valence electrons. The predicted molar refractivity (Wildman–Crippen MR) is 383 cm³/mol. The molecule has 2 aliphatic carbocycles. The van der Waals surface area contributed by atoms with Gasteiger partial charge >= 0.3 is 0 Å². The average Bonchev–Trinajstić information content (AvgIpc) is 3.22. The fourth-order valence-electron chi connectivity index (χ4n) is 10.6. The first-order valence-electron chi connectivity index (χ1n) is 28.3. The molecule has 2 amide bonds. The molecule has 4 aromatic heterocycles. The van der Waals surface area contributed by atoms with E-state index in [2.05, 4.69) is 92.7 Å². The maximum absolute atomic E-state index is 14.6. The van der Waals surface area contributed by atoms with Gasteiger partial charge in [-0.2, -0.15) is 0 Å². The van der Waals surface area contributed by atoms with Crippen LogP contribution >= 0.6 is 116 Å². The molecule has 2 aliphatic rings. The molecule has 4 aromatic carbocycles.